The minimum Gasteiger partial charge on any atom is -0.381 e. The third-order valence-electron chi connectivity index (χ3n) is 3.22. The molecular formula is C19H30N2O2. The summed E-state index contributed by atoms with van der Waals surface area (Å²) in [5.41, 5.74) is 2.20. The third kappa shape index (κ3) is 10.8. The zero-order chi connectivity index (χ0) is 16.6. The number of benzene rings is 1. The molecule has 1 rings (SSSR count). The topological polar surface area (TPSA) is 43.2 Å². The van der Waals surface area contributed by atoms with Gasteiger partial charge in [0.05, 0.1) is 0 Å². The standard InChI is InChI=1S/C19H30N2O2/c1-3-4-11-22-13-7-14-23-12-6-10-21-17-19-9-5-8-18(15-19)16-20-2/h5,8-9,15-17H,3-4,6-7,10-14H2,1-2H3/b20-16+,21-17-. The normalized spacial score (nSPS) is 11.7. The molecule has 0 aliphatic heterocycles. The van der Waals surface area contributed by atoms with Gasteiger partial charge in [0.2, 0.25) is 0 Å². The molecule has 23 heavy (non-hydrogen) atoms. The van der Waals surface area contributed by atoms with Crippen molar-refractivity contribution in [1.29, 1.82) is 0 Å². The summed E-state index contributed by atoms with van der Waals surface area (Å²) in [7, 11) is 1.78. The molecular weight excluding hydrogens is 288 g/mol. The molecule has 4 heteroatoms. The quantitative estimate of drug-likeness (QED) is 0.410. The lowest BCUT2D eigenvalue weighted by atomic mass is 10.1. The van der Waals surface area contributed by atoms with Crippen LogP contribution in [0.2, 0.25) is 0 Å². The highest BCUT2D eigenvalue weighted by Gasteiger charge is 1.92. The van der Waals surface area contributed by atoms with E-state index in [1.165, 1.54) is 6.42 Å². The second kappa shape index (κ2) is 14.1. The van der Waals surface area contributed by atoms with Crippen molar-refractivity contribution in [3.05, 3.63) is 35.4 Å². The Balaban J connectivity index is 2.01. The highest BCUT2D eigenvalue weighted by molar-refractivity contribution is 5.86. The molecule has 1 aromatic rings. The van der Waals surface area contributed by atoms with Crippen LogP contribution in [0.1, 0.15) is 43.7 Å². The van der Waals surface area contributed by atoms with Crippen molar-refractivity contribution in [1.82, 2.24) is 0 Å². The average Bonchev–Trinajstić information content (AvgIpc) is 2.56. The summed E-state index contributed by atoms with van der Waals surface area (Å²) in [6.45, 7) is 6.17. The van der Waals surface area contributed by atoms with Gasteiger partial charge in [0.15, 0.2) is 0 Å². The molecule has 0 aliphatic carbocycles. The first-order valence-corrected chi connectivity index (χ1v) is 8.54. The van der Waals surface area contributed by atoms with Crippen molar-refractivity contribution >= 4 is 12.4 Å². The van der Waals surface area contributed by atoms with Gasteiger partial charge in [0.25, 0.3) is 0 Å². The molecule has 0 amide bonds. The number of aliphatic imine (C=N–C) groups is 2. The number of ether oxygens (including phenoxy) is 2. The fourth-order valence-corrected chi connectivity index (χ4v) is 2.01. The maximum absolute atomic E-state index is 5.57. The number of hydrogen-bond donors (Lipinski definition) is 0. The van der Waals surface area contributed by atoms with Crippen LogP contribution < -0.4 is 0 Å². The fourth-order valence-electron chi connectivity index (χ4n) is 2.01. The van der Waals surface area contributed by atoms with Gasteiger partial charge in [-0.15, -0.1) is 0 Å². The Morgan fingerprint density at radius 1 is 0.913 bits per heavy atom. The lowest BCUT2D eigenvalue weighted by molar-refractivity contribution is 0.0813. The molecule has 0 fully saturated rings. The van der Waals surface area contributed by atoms with Crippen molar-refractivity contribution in [2.24, 2.45) is 9.98 Å². The SMILES string of the molecule is CCCCOCCCOCCC/N=C\c1cccc(/C=N/C)c1. The van der Waals surface area contributed by atoms with E-state index in [-0.39, 0.29) is 0 Å². The summed E-state index contributed by atoms with van der Waals surface area (Å²) >= 11 is 0. The zero-order valence-corrected chi connectivity index (χ0v) is 14.5. The summed E-state index contributed by atoms with van der Waals surface area (Å²) in [6.07, 6.45) is 8.01. The highest BCUT2D eigenvalue weighted by atomic mass is 16.5. The molecule has 0 aromatic heterocycles. The number of nitrogens with zero attached hydrogens (tertiary/aromatic N) is 2. The van der Waals surface area contributed by atoms with Gasteiger partial charge in [0.1, 0.15) is 0 Å². The Labute approximate surface area is 140 Å². The Morgan fingerprint density at radius 3 is 2.26 bits per heavy atom. The maximum atomic E-state index is 5.57. The second-order valence-electron chi connectivity index (χ2n) is 5.38. The van der Waals surface area contributed by atoms with Crippen molar-refractivity contribution in [3.8, 4) is 0 Å². The summed E-state index contributed by atoms with van der Waals surface area (Å²) in [5, 5.41) is 0. The van der Waals surface area contributed by atoms with Crippen LogP contribution in [0, 0.1) is 0 Å². The Morgan fingerprint density at radius 2 is 1.57 bits per heavy atom. The molecule has 1 aromatic carbocycles. The molecule has 0 atom stereocenters. The zero-order valence-electron chi connectivity index (χ0n) is 14.5. The van der Waals surface area contributed by atoms with Crippen LogP contribution in [0.3, 0.4) is 0 Å². The fraction of sp³-hybridized carbons (Fsp3) is 0.579. The minimum atomic E-state index is 0.759. The van der Waals surface area contributed by atoms with Crippen LogP contribution in [0.4, 0.5) is 0 Å². The highest BCUT2D eigenvalue weighted by Crippen LogP contribution is 2.01. The Kier molecular flexibility index (Phi) is 12.0. The number of rotatable bonds is 13. The van der Waals surface area contributed by atoms with E-state index >= 15 is 0 Å². The van der Waals surface area contributed by atoms with E-state index in [0.29, 0.717) is 0 Å². The summed E-state index contributed by atoms with van der Waals surface area (Å²) in [4.78, 5) is 8.45. The van der Waals surface area contributed by atoms with E-state index in [1.54, 1.807) is 7.05 Å². The van der Waals surface area contributed by atoms with Crippen LogP contribution in [-0.2, 0) is 9.47 Å². The van der Waals surface area contributed by atoms with Crippen LogP contribution in [0.15, 0.2) is 34.3 Å². The van der Waals surface area contributed by atoms with Crippen LogP contribution >= 0.6 is 0 Å². The summed E-state index contributed by atoms with van der Waals surface area (Å²) in [5.74, 6) is 0. The smallest absolute Gasteiger partial charge is 0.0488 e. The van der Waals surface area contributed by atoms with Crippen LogP contribution in [0.5, 0.6) is 0 Å². The van der Waals surface area contributed by atoms with Crippen LogP contribution in [0.25, 0.3) is 0 Å². The van der Waals surface area contributed by atoms with Crippen molar-refractivity contribution in [2.45, 2.75) is 32.6 Å². The van der Waals surface area contributed by atoms with Gasteiger partial charge in [-0.1, -0.05) is 31.5 Å². The Bertz CT molecular complexity index is 458. The van der Waals surface area contributed by atoms with E-state index in [4.69, 9.17) is 9.47 Å². The predicted molar refractivity (Wildman–Crippen MR) is 98.2 cm³/mol. The molecule has 0 N–H and O–H groups in total. The Hall–Kier alpha value is -1.52. The number of hydrogen-bond acceptors (Lipinski definition) is 4. The first-order valence-electron chi connectivity index (χ1n) is 8.54. The van der Waals surface area contributed by atoms with Gasteiger partial charge >= 0.3 is 0 Å². The summed E-state index contributed by atoms with van der Waals surface area (Å²) < 4.78 is 11.1. The predicted octanol–water partition coefficient (Wildman–Crippen LogP) is 3.77. The lowest BCUT2D eigenvalue weighted by Crippen LogP contribution is -2.03. The molecule has 0 bridgehead atoms. The maximum Gasteiger partial charge on any atom is 0.0488 e. The van der Waals surface area contributed by atoms with E-state index < -0.39 is 0 Å². The lowest BCUT2D eigenvalue weighted by Gasteiger charge is -2.04. The average molecular weight is 318 g/mol. The van der Waals surface area contributed by atoms with E-state index in [1.807, 2.05) is 30.6 Å². The minimum absolute atomic E-state index is 0.759. The largest absolute Gasteiger partial charge is 0.381 e. The monoisotopic (exact) mass is 318 g/mol. The van der Waals surface area contributed by atoms with E-state index in [0.717, 1.165) is 63.4 Å². The van der Waals surface area contributed by atoms with E-state index in [2.05, 4.69) is 23.0 Å². The molecule has 0 aliphatic rings. The molecule has 0 radical (unpaired) electrons. The molecule has 4 nitrogen and oxygen atoms in total. The summed E-state index contributed by atoms with van der Waals surface area (Å²) in [6, 6.07) is 8.17. The first-order chi connectivity index (χ1) is 11.4. The first kappa shape index (κ1) is 19.5. The van der Waals surface area contributed by atoms with Gasteiger partial charge in [-0.05, 0) is 36.5 Å². The van der Waals surface area contributed by atoms with Crippen molar-refractivity contribution in [2.75, 3.05) is 40.0 Å². The third-order valence-corrected chi connectivity index (χ3v) is 3.22. The molecule has 0 saturated heterocycles. The van der Waals surface area contributed by atoms with Crippen molar-refractivity contribution < 1.29 is 9.47 Å². The van der Waals surface area contributed by atoms with Gasteiger partial charge < -0.3 is 9.47 Å². The van der Waals surface area contributed by atoms with Gasteiger partial charge in [0, 0.05) is 52.4 Å². The molecule has 0 unspecified atom stereocenters. The molecule has 0 spiro atoms. The molecule has 0 heterocycles. The molecule has 0 saturated carbocycles. The van der Waals surface area contributed by atoms with Crippen LogP contribution in [-0.4, -0.2) is 52.4 Å². The van der Waals surface area contributed by atoms with E-state index in [9.17, 15) is 0 Å². The van der Waals surface area contributed by atoms with Gasteiger partial charge in [-0.3, -0.25) is 9.98 Å². The van der Waals surface area contributed by atoms with Gasteiger partial charge in [-0.25, -0.2) is 0 Å². The number of unbranched alkanes of at least 4 members (excludes halogenated alkanes) is 1. The second-order valence-corrected chi connectivity index (χ2v) is 5.38. The van der Waals surface area contributed by atoms with Gasteiger partial charge in [-0.2, -0.15) is 0 Å². The van der Waals surface area contributed by atoms with Crippen molar-refractivity contribution in [3.63, 3.8) is 0 Å². The molecule has 128 valence electrons.